The Labute approximate surface area is 115 Å². The first-order valence-electron chi connectivity index (χ1n) is 6.23. The third kappa shape index (κ3) is 2.95. The Hall–Kier alpha value is -1.57. The van der Waals surface area contributed by atoms with E-state index in [0.717, 1.165) is 6.07 Å². The van der Waals surface area contributed by atoms with E-state index in [2.05, 4.69) is 15.3 Å². The summed E-state index contributed by atoms with van der Waals surface area (Å²) in [6.45, 7) is 5.20. The van der Waals surface area contributed by atoms with Crippen molar-refractivity contribution in [2.75, 3.05) is 37.0 Å². The second kappa shape index (κ2) is 5.08. The first kappa shape index (κ1) is 14.8. The zero-order valence-electron chi connectivity index (χ0n) is 11.6. The zero-order valence-corrected chi connectivity index (χ0v) is 11.6. The van der Waals surface area contributed by atoms with Gasteiger partial charge >= 0.3 is 6.18 Å². The molecule has 1 aromatic heterocycles. The van der Waals surface area contributed by atoms with Gasteiger partial charge in [-0.05, 0) is 13.8 Å². The summed E-state index contributed by atoms with van der Waals surface area (Å²) in [4.78, 5) is 9.41. The average Bonchev–Trinajstić information content (AvgIpc) is 2.36. The molecular weight excluding hydrogens is 273 g/mol. The number of nitrogens with zero attached hydrogens (tertiary/aromatic N) is 3. The molecule has 8 heteroatoms. The molecule has 0 aromatic carbocycles. The summed E-state index contributed by atoms with van der Waals surface area (Å²) < 4.78 is 44.0. The molecule has 0 atom stereocenters. The van der Waals surface area contributed by atoms with Gasteiger partial charge in [0.2, 0.25) is 5.95 Å². The molecule has 1 saturated heterocycles. The lowest BCUT2D eigenvalue weighted by molar-refractivity contribution is -0.141. The summed E-state index contributed by atoms with van der Waals surface area (Å²) in [5, 5.41) is 2.57. The zero-order chi connectivity index (χ0) is 15.0. The molecule has 0 radical (unpaired) electrons. The lowest BCUT2D eigenvalue weighted by atomic mass is 10.0. The van der Waals surface area contributed by atoms with Crippen LogP contribution in [0, 0.1) is 0 Å². The number of hydrogen-bond acceptors (Lipinski definition) is 5. The van der Waals surface area contributed by atoms with Crippen LogP contribution in [0.15, 0.2) is 6.07 Å². The summed E-state index contributed by atoms with van der Waals surface area (Å²) in [7, 11) is 1.49. The van der Waals surface area contributed by atoms with E-state index >= 15 is 0 Å². The highest BCUT2D eigenvalue weighted by atomic mass is 19.4. The molecule has 1 N–H and O–H groups in total. The van der Waals surface area contributed by atoms with Gasteiger partial charge in [0.25, 0.3) is 0 Å². The van der Waals surface area contributed by atoms with Gasteiger partial charge in [-0.1, -0.05) is 0 Å². The standard InChI is InChI=1S/C12H17F3N4O/c1-11(2)7-20-5-4-19(11)9-6-8(12(13,14)15)17-10(16-3)18-9/h6H,4-5,7H2,1-3H3,(H,16,17,18). The van der Waals surface area contributed by atoms with Crippen LogP contribution in [0.2, 0.25) is 0 Å². The molecule has 20 heavy (non-hydrogen) atoms. The van der Waals surface area contributed by atoms with Crippen LogP contribution in [0.3, 0.4) is 0 Å². The van der Waals surface area contributed by atoms with E-state index in [1.54, 1.807) is 0 Å². The summed E-state index contributed by atoms with van der Waals surface area (Å²) >= 11 is 0. The number of rotatable bonds is 2. The summed E-state index contributed by atoms with van der Waals surface area (Å²) in [5.74, 6) is 0.210. The molecule has 0 aliphatic carbocycles. The molecule has 1 aliphatic rings. The molecule has 0 spiro atoms. The molecular formula is C12H17F3N4O. The Kier molecular flexibility index (Phi) is 3.77. The van der Waals surface area contributed by atoms with E-state index in [9.17, 15) is 13.2 Å². The number of alkyl halides is 3. The number of nitrogens with one attached hydrogen (secondary N) is 1. The molecule has 0 bridgehead atoms. The Morgan fingerprint density at radius 1 is 1.35 bits per heavy atom. The van der Waals surface area contributed by atoms with Gasteiger partial charge in [-0.3, -0.25) is 0 Å². The van der Waals surface area contributed by atoms with Crippen LogP contribution in [0.1, 0.15) is 19.5 Å². The van der Waals surface area contributed by atoms with Gasteiger partial charge in [-0.15, -0.1) is 0 Å². The maximum absolute atomic E-state index is 12.9. The van der Waals surface area contributed by atoms with Crippen LogP contribution in [-0.2, 0) is 10.9 Å². The van der Waals surface area contributed by atoms with E-state index in [1.165, 1.54) is 7.05 Å². The molecule has 2 rings (SSSR count). The Balaban J connectivity index is 2.45. The first-order valence-corrected chi connectivity index (χ1v) is 6.23. The fourth-order valence-electron chi connectivity index (χ4n) is 2.11. The monoisotopic (exact) mass is 290 g/mol. The molecule has 1 aromatic rings. The third-order valence-corrected chi connectivity index (χ3v) is 3.15. The van der Waals surface area contributed by atoms with E-state index in [1.807, 2.05) is 18.7 Å². The predicted octanol–water partition coefficient (Wildman–Crippen LogP) is 2.15. The second-order valence-electron chi connectivity index (χ2n) is 5.20. The highest BCUT2D eigenvalue weighted by molar-refractivity contribution is 5.48. The fourth-order valence-corrected chi connectivity index (χ4v) is 2.11. The maximum Gasteiger partial charge on any atom is 0.433 e. The number of aromatic nitrogens is 2. The number of halogens is 3. The smallest absolute Gasteiger partial charge is 0.377 e. The minimum absolute atomic E-state index is 0.0443. The third-order valence-electron chi connectivity index (χ3n) is 3.15. The van der Waals surface area contributed by atoms with Crippen molar-refractivity contribution in [1.82, 2.24) is 9.97 Å². The molecule has 5 nitrogen and oxygen atoms in total. The van der Waals surface area contributed by atoms with Crippen molar-refractivity contribution < 1.29 is 17.9 Å². The van der Waals surface area contributed by atoms with Crippen molar-refractivity contribution in [2.45, 2.75) is 25.6 Å². The summed E-state index contributed by atoms with van der Waals surface area (Å²) in [5.41, 5.74) is -1.37. The Bertz CT molecular complexity index is 490. The van der Waals surface area contributed by atoms with Crippen molar-refractivity contribution >= 4 is 11.8 Å². The van der Waals surface area contributed by atoms with Gasteiger partial charge in [0.15, 0.2) is 5.69 Å². The second-order valence-corrected chi connectivity index (χ2v) is 5.20. The lowest BCUT2D eigenvalue weighted by Crippen LogP contribution is -2.53. The lowest BCUT2D eigenvalue weighted by Gasteiger charge is -2.43. The molecule has 0 saturated carbocycles. The molecule has 112 valence electrons. The van der Waals surface area contributed by atoms with Gasteiger partial charge in [-0.25, -0.2) is 4.98 Å². The largest absolute Gasteiger partial charge is 0.433 e. The first-order chi connectivity index (χ1) is 9.24. The number of hydrogen-bond donors (Lipinski definition) is 1. The molecule has 2 heterocycles. The van der Waals surface area contributed by atoms with Gasteiger partial charge in [0, 0.05) is 19.7 Å². The van der Waals surface area contributed by atoms with Gasteiger partial charge < -0.3 is 15.0 Å². The highest BCUT2D eigenvalue weighted by Gasteiger charge is 2.37. The van der Waals surface area contributed by atoms with Crippen molar-refractivity contribution in [3.63, 3.8) is 0 Å². The number of ether oxygens (including phenoxy) is 1. The minimum Gasteiger partial charge on any atom is -0.377 e. The topological polar surface area (TPSA) is 50.3 Å². The van der Waals surface area contributed by atoms with Gasteiger partial charge in [-0.2, -0.15) is 18.2 Å². The van der Waals surface area contributed by atoms with Crippen LogP contribution in [0.5, 0.6) is 0 Å². The van der Waals surface area contributed by atoms with Crippen LogP contribution in [-0.4, -0.2) is 42.3 Å². The highest BCUT2D eigenvalue weighted by Crippen LogP contribution is 2.33. The van der Waals surface area contributed by atoms with Crippen LogP contribution >= 0.6 is 0 Å². The van der Waals surface area contributed by atoms with E-state index in [-0.39, 0.29) is 11.8 Å². The Morgan fingerprint density at radius 2 is 2.05 bits per heavy atom. The predicted molar refractivity (Wildman–Crippen MR) is 68.8 cm³/mol. The van der Waals surface area contributed by atoms with E-state index in [0.29, 0.717) is 19.8 Å². The molecule has 0 amide bonds. The maximum atomic E-state index is 12.9. The molecule has 1 aliphatic heterocycles. The van der Waals surface area contributed by atoms with Crippen molar-refractivity contribution in [3.8, 4) is 0 Å². The number of morpholine rings is 1. The SMILES string of the molecule is CNc1nc(N2CCOCC2(C)C)cc(C(F)(F)F)n1. The van der Waals surface area contributed by atoms with Gasteiger partial charge in [0.05, 0.1) is 18.8 Å². The van der Waals surface area contributed by atoms with E-state index in [4.69, 9.17) is 4.74 Å². The van der Waals surface area contributed by atoms with E-state index < -0.39 is 17.4 Å². The Morgan fingerprint density at radius 3 is 2.60 bits per heavy atom. The minimum atomic E-state index is -4.50. The summed E-state index contributed by atoms with van der Waals surface area (Å²) in [6.07, 6.45) is -4.50. The van der Waals surface area contributed by atoms with Crippen molar-refractivity contribution in [2.24, 2.45) is 0 Å². The normalized spacial score (nSPS) is 19.0. The van der Waals surface area contributed by atoms with Crippen LogP contribution < -0.4 is 10.2 Å². The van der Waals surface area contributed by atoms with Crippen LogP contribution in [0.25, 0.3) is 0 Å². The quantitative estimate of drug-likeness (QED) is 0.904. The summed E-state index contributed by atoms with van der Waals surface area (Å²) in [6, 6.07) is 0.980. The fraction of sp³-hybridized carbons (Fsp3) is 0.667. The average molecular weight is 290 g/mol. The van der Waals surface area contributed by atoms with Gasteiger partial charge in [0.1, 0.15) is 5.82 Å². The number of anilines is 2. The molecule has 1 fully saturated rings. The molecule has 0 unspecified atom stereocenters. The van der Waals surface area contributed by atoms with Crippen molar-refractivity contribution in [3.05, 3.63) is 11.8 Å². The van der Waals surface area contributed by atoms with Crippen LogP contribution in [0.4, 0.5) is 24.9 Å². The van der Waals surface area contributed by atoms with Crippen molar-refractivity contribution in [1.29, 1.82) is 0 Å².